The second kappa shape index (κ2) is 3.96. The van der Waals surface area contributed by atoms with Crippen molar-refractivity contribution in [2.75, 3.05) is 0 Å². The Hall–Kier alpha value is -1.25. The fourth-order valence-electron chi connectivity index (χ4n) is 1.15. The van der Waals surface area contributed by atoms with Gasteiger partial charge in [0, 0.05) is 6.54 Å². The lowest BCUT2D eigenvalue weighted by Crippen LogP contribution is -2.34. The van der Waals surface area contributed by atoms with Gasteiger partial charge in [-0.3, -0.25) is 0 Å². The number of hydrogen-bond acceptors (Lipinski definition) is 3. The van der Waals surface area contributed by atoms with Gasteiger partial charge in [-0.2, -0.15) is 26.3 Å². The Morgan fingerprint density at radius 2 is 1.69 bits per heavy atom. The van der Waals surface area contributed by atoms with Gasteiger partial charge in [-0.1, -0.05) is 0 Å². The molecule has 2 N–H and O–H groups in total. The third-order valence-electron chi connectivity index (χ3n) is 1.78. The molecule has 0 spiro atoms. The Morgan fingerprint density at radius 3 is 2.06 bits per heavy atom. The summed E-state index contributed by atoms with van der Waals surface area (Å²) in [4.78, 5) is 3.19. The first-order valence-corrected chi connectivity index (χ1v) is 3.93. The maximum atomic E-state index is 12.2. The van der Waals surface area contributed by atoms with Crippen LogP contribution in [0, 0.1) is 0 Å². The third kappa shape index (κ3) is 2.46. The van der Waals surface area contributed by atoms with Gasteiger partial charge in [-0.25, -0.2) is 4.98 Å². The van der Waals surface area contributed by atoms with Crippen LogP contribution in [-0.2, 0) is 6.54 Å². The van der Waals surface area contributed by atoms with E-state index in [-0.39, 0.29) is 0 Å². The van der Waals surface area contributed by atoms with E-state index in [4.69, 9.17) is 5.73 Å². The molecule has 0 aliphatic heterocycles. The van der Waals surface area contributed by atoms with E-state index in [0.29, 0.717) is 6.39 Å². The maximum Gasteiger partial charge on any atom is 0.407 e. The van der Waals surface area contributed by atoms with Crippen molar-refractivity contribution in [2.45, 2.75) is 24.8 Å². The smallest absolute Gasteiger partial charge is 0.407 e. The van der Waals surface area contributed by atoms with E-state index < -0.39 is 36.3 Å². The van der Waals surface area contributed by atoms with Gasteiger partial charge in [0.15, 0.2) is 6.39 Å². The molecule has 3 nitrogen and oxygen atoms in total. The molecule has 9 heteroatoms. The minimum absolute atomic E-state index is 0.502. The lowest BCUT2D eigenvalue weighted by molar-refractivity contribution is -0.257. The fraction of sp³-hybridized carbons (Fsp3) is 0.571. The van der Waals surface area contributed by atoms with E-state index in [0.717, 1.165) is 0 Å². The van der Waals surface area contributed by atoms with Crippen molar-refractivity contribution in [2.24, 2.45) is 5.73 Å². The molecule has 0 fully saturated rings. The van der Waals surface area contributed by atoms with Crippen molar-refractivity contribution < 1.29 is 30.8 Å². The molecule has 1 aromatic rings. The standard InChI is InChI=1S/C7H6F6N2O/c8-6(9,10)5(7(11,12)13)4-3(1-14)15-2-16-4/h2,5H,1,14H2. The Kier molecular flexibility index (Phi) is 3.17. The van der Waals surface area contributed by atoms with Crippen LogP contribution >= 0.6 is 0 Å². The maximum absolute atomic E-state index is 12.2. The average molecular weight is 248 g/mol. The fourth-order valence-corrected chi connectivity index (χ4v) is 1.15. The molecule has 1 heterocycles. The minimum Gasteiger partial charge on any atom is -0.447 e. The first-order valence-electron chi connectivity index (χ1n) is 3.93. The molecule has 0 amide bonds. The van der Waals surface area contributed by atoms with E-state index in [2.05, 4.69) is 9.40 Å². The van der Waals surface area contributed by atoms with Gasteiger partial charge in [0.05, 0.1) is 5.69 Å². The largest absolute Gasteiger partial charge is 0.447 e. The van der Waals surface area contributed by atoms with Gasteiger partial charge in [-0.05, 0) is 0 Å². The van der Waals surface area contributed by atoms with Crippen molar-refractivity contribution in [1.82, 2.24) is 4.98 Å². The second-order valence-electron chi connectivity index (χ2n) is 2.88. The zero-order valence-corrected chi connectivity index (χ0v) is 7.56. The van der Waals surface area contributed by atoms with Crippen LogP contribution in [0.2, 0.25) is 0 Å². The molecule has 0 atom stereocenters. The molecule has 16 heavy (non-hydrogen) atoms. The van der Waals surface area contributed by atoms with Crippen LogP contribution in [0.4, 0.5) is 26.3 Å². The predicted octanol–water partition coefficient (Wildman–Crippen LogP) is 2.34. The second-order valence-corrected chi connectivity index (χ2v) is 2.88. The number of aromatic nitrogens is 1. The predicted molar refractivity (Wildman–Crippen MR) is 39.2 cm³/mol. The molecule has 92 valence electrons. The van der Waals surface area contributed by atoms with Crippen molar-refractivity contribution in [3.05, 3.63) is 17.8 Å². The quantitative estimate of drug-likeness (QED) is 0.817. The van der Waals surface area contributed by atoms with Crippen LogP contribution in [0.15, 0.2) is 10.8 Å². The van der Waals surface area contributed by atoms with E-state index >= 15 is 0 Å². The average Bonchev–Trinajstić information content (AvgIpc) is 2.46. The minimum atomic E-state index is -5.50. The van der Waals surface area contributed by atoms with Crippen molar-refractivity contribution >= 4 is 0 Å². The van der Waals surface area contributed by atoms with E-state index in [1.807, 2.05) is 0 Å². The summed E-state index contributed by atoms with van der Waals surface area (Å²) in [6.07, 6.45) is -10.5. The summed E-state index contributed by atoms with van der Waals surface area (Å²) in [5.41, 5.74) is 4.41. The zero-order chi connectivity index (χ0) is 12.6. The van der Waals surface area contributed by atoms with Gasteiger partial charge in [0.2, 0.25) is 5.92 Å². The number of alkyl halides is 6. The molecule has 0 saturated heterocycles. The molecule has 1 aromatic heterocycles. The zero-order valence-electron chi connectivity index (χ0n) is 7.56. The van der Waals surface area contributed by atoms with Gasteiger partial charge in [-0.15, -0.1) is 0 Å². The summed E-state index contributed by atoms with van der Waals surface area (Å²) >= 11 is 0. The topological polar surface area (TPSA) is 52.0 Å². The van der Waals surface area contributed by atoms with Crippen LogP contribution in [0.1, 0.15) is 17.4 Å². The first kappa shape index (κ1) is 12.8. The first-order chi connectivity index (χ1) is 7.18. The SMILES string of the molecule is NCc1ncoc1C(C(F)(F)F)C(F)(F)F. The molecule has 0 aliphatic rings. The van der Waals surface area contributed by atoms with Crippen LogP contribution in [0.25, 0.3) is 0 Å². The number of rotatable bonds is 2. The summed E-state index contributed by atoms with van der Waals surface area (Å²) in [5, 5.41) is 0. The van der Waals surface area contributed by atoms with Crippen LogP contribution < -0.4 is 5.73 Å². The molecule has 0 bridgehead atoms. The molecule has 0 radical (unpaired) electrons. The summed E-state index contributed by atoms with van der Waals surface area (Å²) in [5.74, 6) is -5.00. The highest BCUT2D eigenvalue weighted by atomic mass is 19.4. The van der Waals surface area contributed by atoms with Gasteiger partial charge < -0.3 is 10.2 Å². The number of halogens is 6. The van der Waals surface area contributed by atoms with Crippen molar-refractivity contribution in [1.29, 1.82) is 0 Å². The lowest BCUT2D eigenvalue weighted by atomic mass is 10.0. The van der Waals surface area contributed by atoms with Gasteiger partial charge in [0.1, 0.15) is 5.76 Å². The highest BCUT2D eigenvalue weighted by Gasteiger charge is 2.60. The normalized spacial score (nSPS) is 13.5. The third-order valence-corrected chi connectivity index (χ3v) is 1.78. The Balaban J connectivity index is 3.23. The van der Waals surface area contributed by atoms with E-state index in [9.17, 15) is 26.3 Å². The Morgan fingerprint density at radius 1 is 1.19 bits per heavy atom. The highest BCUT2D eigenvalue weighted by Crippen LogP contribution is 2.47. The molecular formula is C7H6F6N2O. The van der Waals surface area contributed by atoms with Crippen LogP contribution in [0.5, 0.6) is 0 Å². The molecule has 0 aromatic carbocycles. The van der Waals surface area contributed by atoms with Gasteiger partial charge in [0.25, 0.3) is 0 Å². The van der Waals surface area contributed by atoms with Crippen molar-refractivity contribution in [3.63, 3.8) is 0 Å². The molecule has 0 saturated carbocycles. The summed E-state index contributed by atoms with van der Waals surface area (Å²) in [6, 6.07) is 0. The molecule has 1 rings (SSSR count). The lowest BCUT2D eigenvalue weighted by Gasteiger charge is -2.21. The monoisotopic (exact) mass is 248 g/mol. The Bertz CT molecular complexity index is 340. The van der Waals surface area contributed by atoms with Crippen molar-refractivity contribution in [3.8, 4) is 0 Å². The van der Waals surface area contributed by atoms with E-state index in [1.54, 1.807) is 0 Å². The molecule has 0 unspecified atom stereocenters. The Labute approximate surface area is 85.2 Å². The number of nitrogens with zero attached hydrogens (tertiary/aromatic N) is 1. The number of nitrogens with two attached hydrogens (primary N) is 1. The summed E-state index contributed by atoms with van der Waals surface area (Å²) in [6.45, 7) is -0.561. The number of hydrogen-bond donors (Lipinski definition) is 1. The highest BCUT2D eigenvalue weighted by molar-refractivity contribution is 5.16. The van der Waals surface area contributed by atoms with E-state index in [1.165, 1.54) is 0 Å². The van der Waals surface area contributed by atoms with Gasteiger partial charge >= 0.3 is 12.4 Å². The summed E-state index contributed by atoms with van der Waals surface area (Å²) in [7, 11) is 0. The number of oxazole rings is 1. The van der Waals surface area contributed by atoms with Crippen LogP contribution in [0.3, 0.4) is 0 Å². The van der Waals surface area contributed by atoms with Crippen LogP contribution in [-0.4, -0.2) is 17.3 Å². The molecule has 0 aliphatic carbocycles. The molecular weight excluding hydrogens is 242 g/mol. The summed E-state index contributed by atoms with van der Waals surface area (Å²) < 4.78 is 77.6.